The lowest BCUT2D eigenvalue weighted by Crippen LogP contribution is -2.15. The molecule has 0 aromatic heterocycles. The SMILES string of the molecule is CCC(O)CC(c1ccc(F)cc1F)c1ccc(F)cc1F. The molecule has 118 valence electrons. The van der Waals surface area contributed by atoms with Crippen LogP contribution < -0.4 is 0 Å². The van der Waals surface area contributed by atoms with Crippen molar-refractivity contribution < 1.29 is 22.7 Å². The summed E-state index contributed by atoms with van der Waals surface area (Å²) < 4.78 is 54.2. The average Bonchev–Trinajstić information content (AvgIpc) is 2.45. The maximum absolute atomic E-state index is 14.0. The second-order valence-electron chi connectivity index (χ2n) is 5.18. The summed E-state index contributed by atoms with van der Waals surface area (Å²) in [6.45, 7) is 1.74. The Kier molecular flexibility index (Phi) is 5.19. The van der Waals surface area contributed by atoms with E-state index < -0.39 is 35.3 Å². The first-order valence-electron chi connectivity index (χ1n) is 7.00. The molecule has 2 rings (SSSR count). The zero-order chi connectivity index (χ0) is 16.3. The minimum Gasteiger partial charge on any atom is -0.393 e. The molecule has 2 aromatic carbocycles. The van der Waals surface area contributed by atoms with Crippen LogP contribution in [0.3, 0.4) is 0 Å². The first kappa shape index (κ1) is 16.5. The Morgan fingerprint density at radius 1 is 0.864 bits per heavy atom. The Balaban J connectivity index is 2.50. The summed E-state index contributed by atoms with van der Waals surface area (Å²) in [5, 5.41) is 9.85. The molecular formula is C17H16F4O. The normalized spacial score (nSPS) is 12.7. The van der Waals surface area contributed by atoms with Gasteiger partial charge in [0.2, 0.25) is 0 Å². The van der Waals surface area contributed by atoms with Crippen LogP contribution in [0.1, 0.15) is 36.8 Å². The number of hydrogen-bond donors (Lipinski definition) is 1. The van der Waals surface area contributed by atoms with Crippen LogP contribution in [-0.4, -0.2) is 11.2 Å². The van der Waals surface area contributed by atoms with Crippen molar-refractivity contribution in [1.82, 2.24) is 0 Å². The summed E-state index contributed by atoms with van der Waals surface area (Å²) >= 11 is 0. The van der Waals surface area contributed by atoms with E-state index in [0.29, 0.717) is 18.6 Å². The van der Waals surface area contributed by atoms with Gasteiger partial charge in [-0.1, -0.05) is 19.1 Å². The van der Waals surface area contributed by atoms with Crippen LogP contribution in [0.2, 0.25) is 0 Å². The highest BCUT2D eigenvalue weighted by molar-refractivity contribution is 5.35. The van der Waals surface area contributed by atoms with Gasteiger partial charge in [-0.05, 0) is 36.1 Å². The predicted molar refractivity (Wildman–Crippen MR) is 75.5 cm³/mol. The molecule has 0 amide bonds. The second-order valence-corrected chi connectivity index (χ2v) is 5.18. The Morgan fingerprint density at radius 3 is 1.68 bits per heavy atom. The molecule has 0 saturated heterocycles. The number of aliphatic hydroxyl groups excluding tert-OH is 1. The first-order valence-corrected chi connectivity index (χ1v) is 7.00. The fraction of sp³-hybridized carbons (Fsp3) is 0.294. The van der Waals surface area contributed by atoms with Crippen LogP contribution in [-0.2, 0) is 0 Å². The molecule has 0 fully saturated rings. The smallest absolute Gasteiger partial charge is 0.129 e. The minimum atomic E-state index is -0.823. The van der Waals surface area contributed by atoms with E-state index in [1.165, 1.54) is 12.1 Å². The van der Waals surface area contributed by atoms with Crippen molar-refractivity contribution in [3.8, 4) is 0 Å². The number of benzene rings is 2. The zero-order valence-corrected chi connectivity index (χ0v) is 12.0. The summed E-state index contributed by atoms with van der Waals surface area (Å²) in [5.74, 6) is -3.95. The molecule has 22 heavy (non-hydrogen) atoms. The van der Waals surface area contributed by atoms with Crippen LogP contribution in [0.4, 0.5) is 17.6 Å². The van der Waals surface area contributed by atoms with Gasteiger partial charge < -0.3 is 5.11 Å². The lowest BCUT2D eigenvalue weighted by molar-refractivity contribution is 0.154. The maximum atomic E-state index is 14.0. The van der Waals surface area contributed by atoms with Crippen molar-refractivity contribution in [2.45, 2.75) is 31.8 Å². The average molecular weight is 312 g/mol. The van der Waals surface area contributed by atoms with E-state index in [1.54, 1.807) is 6.92 Å². The van der Waals surface area contributed by atoms with Gasteiger partial charge in [-0.25, -0.2) is 17.6 Å². The van der Waals surface area contributed by atoms with Gasteiger partial charge in [-0.15, -0.1) is 0 Å². The monoisotopic (exact) mass is 312 g/mol. The number of aliphatic hydroxyl groups is 1. The molecule has 1 nitrogen and oxygen atoms in total. The third-order valence-corrected chi connectivity index (χ3v) is 3.65. The standard InChI is InChI=1S/C17H16F4O/c1-2-12(22)9-15(13-5-3-10(18)7-16(13)20)14-6-4-11(19)8-17(14)21/h3-8,12,15,22H,2,9H2,1H3. The molecule has 0 radical (unpaired) electrons. The van der Waals surface area contributed by atoms with E-state index in [0.717, 1.165) is 12.1 Å². The Hall–Kier alpha value is -1.88. The van der Waals surface area contributed by atoms with E-state index in [-0.39, 0.29) is 17.5 Å². The molecule has 2 aromatic rings. The zero-order valence-electron chi connectivity index (χ0n) is 12.0. The van der Waals surface area contributed by atoms with Gasteiger partial charge in [-0.2, -0.15) is 0 Å². The van der Waals surface area contributed by atoms with Gasteiger partial charge >= 0.3 is 0 Å². The van der Waals surface area contributed by atoms with E-state index in [2.05, 4.69) is 0 Å². The maximum Gasteiger partial charge on any atom is 0.129 e. The van der Waals surface area contributed by atoms with Crippen molar-refractivity contribution in [2.24, 2.45) is 0 Å². The Bertz CT molecular complexity index is 606. The van der Waals surface area contributed by atoms with Crippen LogP contribution in [0.5, 0.6) is 0 Å². The van der Waals surface area contributed by atoms with Gasteiger partial charge in [0.25, 0.3) is 0 Å². The fourth-order valence-corrected chi connectivity index (χ4v) is 2.43. The molecule has 1 atom stereocenters. The second kappa shape index (κ2) is 6.92. The molecule has 0 aliphatic heterocycles. The third-order valence-electron chi connectivity index (χ3n) is 3.65. The largest absolute Gasteiger partial charge is 0.393 e. The third kappa shape index (κ3) is 3.65. The van der Waals surface area contributed by atoms with Crippen LogP contribution in [0.25, 0.3) is 0 Å². The van der Waals surface area contributed by atoms with Crippen molar-refractivity contribution in [1.29, 1.82) is 0 Å². The summed E-state index contributed by atoms with van der Waals surface area (Å²) in [7, 11) is 0. The van der Waals surface area contributed by atoms with E-state index >= 15 is 0 Å². The molecule has 1 unspecified atom stereocenters. The molecule has 0 aliphatic carbocycles. The molecular weight excluding hydrogens is 296 g/mol. The summed E-state index contributed by atoms with van der Waals surface area (Å²) in [4.78, 5) is 0. The van der Waals surface area contributed by atoms with Crippen LogP contribution >= 0.6 is 0 Å². The van der Waals surface area contributed by atoms with E-state index in [1.807, 2.05) is 0 Å². The lowest BCUT2D eigenvalue weighted by atomic mass is 9.85. The van der Waals surface area contributed by atoms with Gasteiger partial charge in [0.05, 0.1) is 6.10 Å². The Morgan fingerprint density at radius 2 is 1.32 bits per heavy atom. The lowest BCUT2D eigenvalue weighted by Gasteiger charge is -2.22. The molecule has 0 spiro atoms. The number of rotatable bonds is 5. The molecule has 0 bridgehead atoms. The van der Waals surface area contributed by atoms with Gasteiger partial charge in [0, 0.05) is 18.1 Å². The quantitative estimate of drug-likeness (QED) is 0.804. The highest BCUT2D eigenvalue weighted by atomic mass is 19.1. The number of hydrogen-bond acceptors (Lipinski definition) is 1. The highest BCUT2D eigenvalue weighted by Gasteiger charge is 2.24. The number of halogens is 4. The van der Waals surface area contributed by atoms with Crippen LogP contribution in [0.15, 0.2) is 36.4 Å². The van der Waals surface area contributed by atoms with Gasteiger partial charge in [-0.3, -0.25) is 0 Å². The van der Waals surface area contributed by atoms with Crippen molar-refractivity contribution >= 4 is 0 Å². The fourth-order valence-electron chi connectivity index (χ4n) is 2.43. The van der Waals surface area contributed by atoms with Crippen molar-refractivity contribution in [3.05, 3.63) is 70.8 Å². The summed E-state index contributed by atoms with van der Waals surface area (Å²) in [6, 6.07) is 6.02. The van der Waals surface area contributed by atoms with Crippen molar-refractivity contribution in [2.75, 3.05) is 0 Å². The molecule has 1 N–H and O–H groups in total. The molecule has 5 heteroatoms. The first-order chi connectivity index (χ1) is 10.4. The van der Waals surface area contributed by atoms with Gasteiger partial charge in [0.15, 0.2) is 0 Å². The van der Waals surface area contributed by atoms with Gasteiger partial charge in [0.1, 0.15) is 23.3 Å². The van der Waals surface area contributed by atoms with Crippen molar-refractivity contribution in [3.63, 3.8) is 0 Å². The highest BCUT2D eigenvalue weighted by Crippen LogP contribution is 2.33. The summed E-state index contributed by atoms with van der Waals surface area (Å²) in [5.41, 5.74) is 0.138. The topological polar surface area (TPSA) is 20.2 Å². The predicted octanol–water partition coefficient (Wildman–Crippen LogP) is 4.54. The van der Waals surface area contributed by atoms with E-state index in [4.69, 9.17) is 0 Å². The molecule has 0 aliphatic rings. The summed E-state index contributed by atoms with van der Waals surface area (Å²) in [6.07, 6.45) is -0.317. The Labute approximate surface area is 126 Å². The van der Waals surface area contributed by atoms with E-state index in [9.17, 15) is 22.7 Å². The molecule has 0 heterocycles. The minimum absolute atomic E-state index is 0.0571. The molecule has 0 saturated carbocycles. The van der Waals surface area contributed by atoms with Crippen LogP contribution in [0, 0.1) is 23.3 Å².